The van der Waals surface area contributed by atoms with Crippen LogP contribution >= 0.6 is 0 Å². The van der Waals surface area contributed by atoms with Gasteiger partial charge >= 0.3 is 0 Å². The van der Waals surface area contributed by atoms with Gasteiger partial charge in [0.25, 0.3) is 0 Å². The van der Waals surface area contributed by atoms with Gasteiger partial charge in [0.15, 0.2) is 5.82 Å². The minimum atomic E-state index is 0.653. The lowest BCUT2D eigenvalue weighted by Gasteiger charge is -2.13. The molecular formula is C52H32N4O. The molecule has 0 N–H and O–H groups in total. The average molecular weight is 729 g/mol. The Morgan fingerprint density at radius 1 is 0.368 bits per heavy atom. The van der Waals surface area contributed by atoms with E-state index < -0.39 is 0 Å². The van der Waals surface area contributed by atoms with E-state index in [-0.39, 0.29) is 0 Å². The first-order chi connectivity index (χ1) is 28.3. The summed E-state index contributed by atoms with van der Waals surface area (Å²) in [6, 6.07) is 68.2. The Morgan fingerprint density at radius 2 is 0.912 bits per heavy atom. The smallest absolute Gasteiger partial charge is 0.161 e. The van der Waals surface area contributed by atoms with Gasteiger partial charge in [-0.1, -0.05) is 140 Å². The minimum absolute atomic E-state index is 0.653. The van der Waals surface area contributed by atoms with Gasteiger partial charge in [-0.25, -0.2) is 9.97 Å². The van der Waals surface area contributed by atoms with Crippen LogP contribution in [-0.4, -0.2) is 19.1 Å². The molecule has 0 atom stereocenters. The summed E-state index contributed by atoms with van der Waals surface area (Å²) in [5.41, 5.74) is 13.2. The number of rotatable bonds is 5. The van der Waals surface area contributed by atoms with E-state index in [0.29, 0.717) is 5.82 Å². The van der Waals surface area contributed by atoms with Gasteiger partial charge in [0.05, 0.1) is 33.5 Å². The van der Waals surface area contributed by atoms with Crippen molar-refractivity contribution >= 4 is 65.6 Å². The molecule has 0 unspecified atom stereocenters. The minimum Gasteiger partial charge on any atom is -0.456 e. The van der Waals surface area contributed by atoms with E-state index in [1.54, 1.807) is 0 Å². The second-order valence-corrected chi connectivity index (χ2v) is 14.6. The summed E-state index contributed by atoms with van der Waals surface area (Å²) in [6.45, 7) is 0. The fourth-order valence-corrected chi connectivity index (χ4v) is 8.84. The van der Waals surface area contributed by atoms with Crippen molar-refractivity contribution in [2.45, 2.75) is 0 Å². The van der Waals surface area contributed by atoms with E-state index in [1.165, 1.54) is 32.6 Å². The van der Waals surface area contributed by atoms with Gasteiger partial charge in [-0.05, 0) is 54.6 Å². The van der Waals surface area contributed by atoms with Gasteiger partial charge in [-0.2, -0.15) is 0 Å². The fraction of sp³-hybridized carbons (Fsp3) is 0. The van der Waals surface area contributed by atoms with Crippen LogP contribution in [0.1, 0.15) is 0 Å². The molecule has 0 aliphatic rings. The largest absolute Gasteiger partial charge is 0.456 e. The number of para-hydroxylation sites is 3. The van der Waals surface area contributed by atoms with E-state index in [1.807, 2.05) is 48.5 Å². The van der Waals surface area contributed by atoms with Crippen LogP contribution in [0.3, 0.4) is 0 Å². The highest BCUT2D eigenvalue weighted by molar-refractivity contribution is 6.24. The average Bonchev–Trinajstić information content (AvgIpc) is 3.95. The van der Waals surface area contributed by atoms with E-state index in [2.05, 4.69) is 155 Å². The second kappa shape index (κ2) is 12.4. The van der Waals surface area contributed by atoms with Crippen LogP contribution in [0.15, 0.2) is 199 Å². The SMILES string of the molecule is c1ccc(-c2cc(-c3ccccc3)nc(-c3cccc4oc5ccc(-n6c7ccccc7c7ccc8c9ccccc9n(-c9ccccc9)c8c76)cc5c34)n2)cc1. The number of hydrogen-bond donors (Lipinski definition) is 0. The first kappa shape index (κ1) is 31.6. The van der Waals surface area contributed by atoms with Gasteiger partial charge in [0.1, 0.15) is 11.2 Å². The maximum absolute atomic E-state index is 6.61. The molecule has 57 heavy (non-hydrogen) atoms. The van der Waals surface area contributed by atoms with Crippen molar-refractivity contribution in [1.82, 2.24) is 19.1 Å². The highest BCUT2D eigenvalue weighted by Crippen LogP contribution is 2.43. The van der Waals surface area contributed by atoms with Crippen LogP contribution < -0.4 is 0 Å². The standard InChI is InChI=1S/C52H32N4O/c1-4-15-33(16-5-1)43-32-44(34-17-6-2-7-18-34)54-52(53-43)41-23-14-26-48-49(41)42-31-36(27-30-47(42)57-48)56-46-25-13-11-22-38(46)40-29-28-39-37-21-10-12-24-45(37)55(50(39)51(40)56)35-19-8-3-9-20-35/h1-32H. The molecule has 0 aliphatic carbocycles. The molecule has 4 aromatic heterocycles. The van der Waals surface area contributed by atoms with Crippen LogP contribution in [0.25, 0.3) is 111 Å². The van der Waals surface area contributed by atoms with E-state index in [0.717, 1.165) is 72.4 Å². The molecule has 0 spiro atoms. The Bertz CT molecular complexity index is 3450. The van der Waals surface area contributed by atoms with Crippen molar-refractivity contribution in [1.29, 1.82) is 0 Å². The predicted molar refractivity (Wildman–Crippen MR) is 234 cm³/mol. The zero-order valence-corrected chi connectivity index (χ0v) is 30.7. The van der Waals surface area contributed by atoms with Gasteiger partial charge in [0, 0.05) is 60.4 Å². The van der Waals surface area contributed by atoms with Crippen LogP contribution in [0, 0.1) is 0 Å². The lowest BCUT2D eigenvalue weighted by atomic mass is 10.0. The quantitative estimate of drug-likeness (QED) is 0.177. The third-order valence-corrected chi connectivity index (χ3v) is 11.3. The van der Waals surface area contributed by atoms with Crippen LogP contribution in [-0.2, 0) is 0 Å². The predicted octanol–water partition coefficient (Wildman–Crippen LogP) is 13.6. The van der Waals surface area contributed by atoms with Gasteiger partial charge in [-0.15, -0.1) is 0 Å². The van der Waals surface area contributed by atoms with Crippen molar-refractivity contribution in [3.05, 3.63) is 194 Å². The van der Waals surface area contributed by atoms with Crippen LogP contribution in [0.4, 0.5) is 0 Å². The zero-order valence-electron chi connectivity index (χ0n) is 30.7. The van der Waals surface area contributed by atoms with Crippen molar-refractivity contribution in [2.75, 3.05) is 0 Å². The van der Waals surface area contributed by atoms with Crippen molar-refractivity contribution < 1.29 is 4.42 Å². The van der Waals surface area contributed by atoms with E-state index in [9.17, 15) is 0 Å². The number of hydrogen-bond acceptors (Lipinski definition) is 3. The van der Waals surface area contributed by atoms with Crippen molar-refractivity contribution in [2.24, 2.45) is 0 Å². The summed E-state index contributed by atoms with van der Waals surface area (Å²) in [5, 5.41) is 6.85. The maximum atomic E-state index is 6.61. The first-order valence-electron chi connectivity index (χ1n) is 19.3. The first-order valence-corrected chi connectivity index (χ1v) is 19.3. The normalized spacial score (nSPS) is 11.9. The molecule has 0 bridgehead atoms. The molecule has 12 aromatic rings. The summed E-state index contributed by atoms with van der Waals surface area (Å²) in [6.07, 6.45) is 0. The molecule has 4 heterocycles. The Hall–Kier alpha value is -7.76. The van der Waals surface area contributed by atoms with Gasteiger partial charge < -0.3 is 13.6 Å². The monoisotopic (exact) mass is 728 g/mol. The maximum Gasteiger partial charge on any atom is 0.161 e. The summed E-state index contributed by atoms with van der Waals surface area (Å²) in [7, 11) is 0. The summed E-state index contributed by atoms with van der Waals surface area (Å²) < 4.78 is 11.5. The lowest BCUT2D eigenvalue weighted by Crippen LogP contribution is -1.98. The molecule has 266 valence electrons. The molecule has 8 aromatic carbocycles. The molecule has 0 aliphatic heterocycles. The number of aromatic nitrogens is 4. The molecule has 0 fully saturated rings. The second-order valence-electron chi connectivity index (χ2n) is 14.6. The molecule has 0 saturated carbocycles. The number of furan rings is 1. The Morgan fingerprint density at radius 3 is 1.53 bits per heavy atom. The Labute approximate surface area is 327 Å². The highest BCUT2D eigenvalue weighted by Gasteiger charge is 2.23. The summed E-state index contributed by atoms with van der Waals surface area (Å²) >= 11 is 0. The topological polar surface area (TPSA) is 48.8 Å². The number of fused-ring (bicyclic) bond motifs is 10. The molecule has 12 rings (SSSR count). The van der Waals surface area contributed by atoms with Gasteiger partial charge in [-0.3, -0.25) is 0 Å². The van der Waals surface area contributed by atoms with Crippen LogP contribution in [0.2, 0.25) is 0 Å². The van der Waals surface area contributed by atoms with Gasteiger partial charge in [0.2, 0.25) is 0 Å². The van der Waals surface area contributed by atoms with Crippen molar-refractivity contribution in [3.8, 4) is 45.3 Å². The molecular weight excluding hydrogens is 697 g/mol. The molecule has 0 radical (unpaired) electrons. The number of nitrogens with zero attached hydrogens (tertiary/aromatic N) is 4. The third-order valence-electron chi connectivity index (χ3n) is 11.3. The molecule has 5 heteroatoms. The van der Waals surface area contributed by atoms with E-state index in [4.69, 9.17) is 14.4 Å². The molecule has 0 amide bonds. The van der Waals surface area contributed by atoms with Crippen LogP contribution in [0.5, 0.6) is 0 Å². The highest BCUT2D eigenvalue weighted by atomic mass is 16.3. The Kier molecular flexibility index (Phi) is 6.86. The lowest BCUT2D eigenvalue weighted by molar-refractivity contribution is 0.669. The van der Waals surface area contributed by atoms with E-state index >= 15 is 0 Å². The Balaban J connectivity index is 1.16. The van der Waals surface area contributed by atoms with Crippen molar-refractivity contribution in [3.63, 3.8) is 0 Å². The third kappa shape index (κ3) is 4.82. The molecule has 5 nitrogen and oxygen atoms in total. The number of benzene rings is 8. The molecule has 0 saturated heterocycles. The zero-order chi connectivity index (χ0) is 37.5. The summed E-state index contributed by atoms with van der Waals surface area (Å²) in [4.78, 5) is 10.4. The summed E-state index contributed by atoms with van der Waals surface area (Å²) in [5.74, 6) is 0.653. The fourth-order valence-electron chi connectivity index (χ4n) is 8.84.